The lowest BCUT2D eigenvalue weighted by Gasteiger charge is -2.13. The number of aliphatic imine (C=N–C) groups is 1. The third-order valence-electron chi connectivity index (χ3n) is 2.82. The van der Waals surface area contributed by atoms with Gasteiger partial charge in [0.2, 0.25) is 0 Å². The molecule has 0 aromatic heterocycles. The molecular formula is C13H26N2S. The molecule has 0 saturated carbocycles. The normalized spacial score (nSPS) is 22.3. The molecule has 0 spiro atoms. The third kappa shape index (κ3) is 5.24. The Balaban J connectivity index is 2.27. The lowest BCUT2D eigenvalue weighted by Crippen LogP contribution is -2.29. The lowest BCUT2D eigenvalue weighted by molar-refractivity contribution is 0.526. The van der Waals surface area contributed by atoms with Gasteiger partial charge >= 0.3 is 0 Å². The van der Waals surface area contributed by atoms with Gasteiger partial charge in [0.15, 0.2) is 5.17 Å². The topological polar surface area (TPSA) is 24.4 Å². The van der Waals surface area contributed by atoms with Crippen LogP contribution in [0.3, 0.4) is 0 Å². The fraction of sp³-hybridized carbons (Fsp3) is 0.923. The van der Waals surface area contributed by atoms with Crippen molar-refractivity contribution in [3.63, 3.8) is 0 Å². The number of rotatable bonds is 6. The van der Waals surface area contributed by atoms with E-state index in [1.165, 1.54) is 36.6 Å². The minimum absolute atomic E-state index is 0.547. The molecule has 1 aliphatic rings. The van der Waals surface area contributed by atoms with Crippen LogP contribution in [0.4, 0.5) is 0 Å². The average molecular weight is 242 g/mol. The molecule has 3 heteroatoms. The second-order valence-corrected chi connectivity index (χ2v) is 6.22. The Hall–Kier alpha value is -0.180. The average Bonchev–Trinajstić information content (AvgIpc) is 2.61. The SMILES string of the molecule is CCCCC(C)NC1=NC(CC(C)C)CS1. The van der Waals surface area contributed by atoms with Crippen molar-refractivity contribution in [2.24, 2.45) is 10.9 Å². The Kier molecular flexibility index (Phi) is 6.25. The molecule has 0 bridgehead atoms. The Labute approximate surface area is 105 Å². The van der Waals surface area contributed by atoms with Crippen LogP contribution in [0.2, 0.25) is 0 Å². The van der Waals surface area contributed by atoms with E-state index in [0.29, 0.717) is 12.1 Å². The van der Waals surface area contributed by atoms with Crippen LogP contribution >= 0.6 is 11.8 Å². The van der Waals surface area contributed by atoms with Gasteiger partial charge in [-0.3, -0.25) is 4.99 Å². The summed E-state index contributed by atoms with van der Waals surface area (Å²) in [4.78, 5) is 4.74. The summed E-state index contributed by atoms with van der Waals surface area (Å²) in [6.07, 6.45) is 5.07. The van der Waals surface area contributed by atoms with E-state index in [0.717, 1.165) is 5.92 Å². The minimum Gasteiger partial charge on any atom is -0.362 e. The van der Waals surface area contributed by atoms with Gasteiger partial charge in [0.05, 0.1) is 6.04 Å². The highest BCUT2D eigenvalue weighted by molar-refractivity contribution is 8.14. The molecule has 0 radical (unpaired) electrons. The minimum atomic E-state index is 0.547. The van der Waals surface area contributed by atoms with Crippen molar-refractivity contribution >= 4 is 16.9 Å². The fourth-order valence-electron chi connectivity index (χ4n) is 1.95. The Morgan fingerprint density at radius 3 is 2.81 bits per heavy atom. The first kappa shape index (κ1) is 13.9. The van der Waals surface area contributed by atoms with E-state index < -0.39 is 0 Å². The van der Waals surface area contributed by atoms with Gasteiger partial charge in [-0.2, -0.15) is 0 Å². The first-order valence-corrected chi connectivity index (χ1v) is 7.57. The molecule has 1 aliphatic heterocycles. The summed E-state index contributed by atoms with van der Waals surface area (Å²) in [6.45, 7) is 9.05. The Morgan fingerprint density at radius 1 is 1.44 bits per heavy atom. The van der Waals surface area contributed by atoms with E-state index in [1.54, 1.807) is 0 Å². The predicted octanol–water partition coefficient (Wildman–Crippen LogP) is 3.67. The summed E-state index contributed by atoms with van der Waals surface area (Å²) < 4.78 is 0. The van der Waals surface area contributed by atoms with Crippen molar-refractivity contribution in [3.8, 4) is 0 Å². The van der Waals surface area contributed by atoms with E-state index in [-0.39, 0.29) is 0 Å². The number of nitrogens with one attached hydrogen (secondary N) is 1. The highest BCUT2D eigenvalue weighted by Crippen LogP contribution is 2.22. The molecule has 0 aliphatic carbocycles. The molecular weight excluding hydrogens is 216 g/mol. The molecule has 2 atom stereocenters. The van der Waals surface area contributed by atoms with Crippen molar-refractivity contribution in [1.29, 1.82) is 0 Å². The summed E-state index contributed by atoms with van der Waals surface area (Å²) in [6, 6.07) is 1.12. The van der Waals surface area contributed by atoms with Crippen LogP contribution in [0.1, 0.15) is 53.4 Å². The van der Waals surface area contributed by atoms with Gasteiger partial charge in [0.25, 0.3) is 0 Å². The van der Waals surface area contributed by atoms with Crippen LogP contribution in [0.15, 0.2) is 4.99 Å². The molecule has 0 aromatic rings. The molecule has 1 rings (SSSR count). The second kappa shape index (κ2) is 7.21. The van der Waals surface area contributed by atoms with E-state index in [1.807, 2.05) is 11.8 Å². The number of amidine groups is 1. The molecule has 0 fully saturated rings. The summed E-state index contributed by atoms with van der Waals surface area (Å²) in [5.74, 6) is 1.92. The van der Waals surface area contributed by atoms with Crippen LogP contribution in [0.25, 0.3) is 0 Å². The quantitative estimate of drug-likeness (QED) is 0.768. The van der Waals surface area contributed by atoms with Crippen molar-refractivity contribution in [2.45, 2.75) is 65.5 Å². The molecule has 16 heavy (non-hydrogen) atoms. The maximum absolute atomic E-state index is 4.74. The van der Waals surface area contributed by atoms with Crippen molar-refractivity contribution in [2.75, 3.05) is 5.75 Å². The highest BCUT2D eigenvalue weighted by Gasteiger charge is 2.19. The number of hydrogen-bond acceptors (Lipinski definition) is 3. The zero-order valence-electron chi connectivity index (χ0n) is 11.1. The number of unbranched alkanes of at least 4 members (excludes halogenated alkanes) is 1. The lowest BCUT2D eigenvalue weighted by atomic mass is 10.1. The molecule has 1 heterocycles. The van der Waals surface area contributed by atoms with Gasteiger partial charge < -0.3 is 5.32 Å². The van der Waals surface area contributed by atoms with E-state index >= 15 is 0 Å². The van der Waals surface area contributed by atoms with Gasteiger partial charge in [-0.1, -0.05) is 45.4 Å². The van der Waals surface area contributed by atoms with Crippen LogP contribution < -0.4 is 5.32 Å². The fourth-order valence-corrected chi connectivity index (χ4v) is 3.02. The first-order valence-electron chi connectivity index (χ1n) is 6.59. The highest BCUT2D eigenvalue weighted by atomic mass is 32.2. The van der Waals surface area contributed by atoms with Crippen LogP contribution in [0, 0.1) is 5.92 Å². The monoisotopic (exact) mass is 242 g/mol. The predicted molar refractivity (Wildman–Crippen MR) is 75.3 cm³/mol. The summed E-state index contributed by atoms with van der Waals surface area (Å²) in [7, 11) is 0. The van der Waals surface area contributed by atoms with E-state index in [4.69, 9.17) is 4.99 Å². The van der Waals surface area contributed by atoms with Gasteiger partial charge in [-0.05, 0) is 25.7 Å². The molecule has 0 aromatic carbocycles. The third-order valence-corrected chi connectivity index (χ3v) is 3.86. The maximum atomic E-state index is 4.74. The zero-order valence-corrected chi connectivity index (χ0v) is 11.9. The zero-order chi connectivity index (χ0) is 12.0. The number of nitrogens with zero attached hydrogens (tertiary/aromatic N) is 1. The molecule has 0 amide bonds. The summed E-state index contributed by atoms with van der Waals surface area (Å²) in [5, 5.41) is 4.71. The van der Waals surface area contributed by atoms with Crippen LogP contribution in [-0.2, 0) is 0 Å². The first-order chi connectivity index (χ1) is 7.61. The molecule has 94 valence electrons. The van der Waals surface area contributed by atoms with Gasteiger partial charge in [-0.25, -0.2) is 0 Å². The molecule has 0 saturated heterocycles. The molecule has 2 nitrogen and oxygen atoms in total. The summed E-state index contributed by atoms with van der Waals surface area (Å²) in [5.41, 5.74) is 0. The molecule has 2 unspecified atom stereocenters. The number of thioether (sulfide) groups is 1. The Morgan fingerprint density at radius 2 is 2.19 bits per heavy atom. The summed E-state index contributed by atoms with van der Waals surface area (Å²) >= 11 is 1.89. The Bertz CT molecular complexity index is 226. The van der Waals surface area contributed by atoms with Crippen molar-refractivity contribution in [1.82, 2.24) is 5.32 Å². The van der Waals surface area contributed by atoms with Crippen molar-refractivity contribution in [3.05, 3.63) is 0 Å². The largest absolute Gasteiger partial charge is 0.362 e. The number of hydrogen-bond donors (Lipinski definition) is 1. The van der Waals surface area contributed by atoms with Gasteiger partial charge in [0.1, 0.15) is 0 Å². The second-order valence-electron chi connectivity index (χ2n) is 5.22. The van der Waals surface area contributed by atoms with Gasteiger partial charge in [0, 0.05) is 11.8 Å². The van der Waals surface area contributed by atoms with E-state index in [2.05, 4.69) is 33.0 Å². The standard InChI is InChI=1S/C13H26N2S/c1-5-6-7-11(4)14-13-15-12(9-16-13)8-10(2)3/h10-12H,5-9H2,1-4H3,(H,14,15). The van der Waals surface area contributed by atoms with Gasteiger partial charge in [-0.15, -0.1) is 0 Å². The van der Waals surface area contributed by atoms with Crippen molar-refractivity contribution < 1.29 is 0 Å². The van der Waals surface area contributed by atoms with Crippen LogP contribution in [-0.4, -0.2) is 23.0 Å². The smallest absolute Gasteiger partial charge is 0.157 e. The van der Waals surface area contributed by atoms with E-state index in [9.17, 15) is 0 Å². The molecule has 1 N–H and O–H groups in total. The van der Waals surface area contributed by atoms with Crippen LogP contribution in [0.5, 0.6) is 0 Å². The maximum Gasteiger partial charge on any atom is 0.157 e.